The van der Waals surface area contributed by atoms with Gasteiger partial charge in [0.05, 0.1) is 0 Å². The van der Waals surface area contributed by atoms with E-state index in [1.54, 1.807) is 4.90 Å². The van der Waals surface area contributed by atoms with Crippen molar-refractivity contribution in [3.05, 3.63) is 95.5 Å². The number of pyridine rings is 1. The first-order valence-corrected chi connectivity index (χ1v) is 11.7. The molecule has 0 aliphatic heterocycles. The lowest BCUT2D eigenvalue weighted by molar-refractivity contribution is 0.0983. The zero-order valence-corrected chi connectivity index (χ0v) is 19.7. The molecule has 34 heavy (non-hydrogen) atoms. The van der Waals surface area contributed by atoms with Crippen molar-refractivity contribution >= 4 is 22.8 Å². The summed E-state index contributed by atoms with van der Waals surface area (Å²) in [5, 5.41) is 0. The smallest absolute Gasteiger partial charge is 0.259 e. The molecule has 0 fully saturated rings. The second-order valence-corrected chi connectivity index (χ2v) is 8.56. The summed E-state index contributed by atoms with van der Waals surface area (Å²) in [5.41, 5.74) is 3.08. The van der Waals surface area contributed by atoms with Gasteiger partial charge in [0.2, 0.25) is 0 Å². The van der Waals surface area contributed by atoms with Crippen LogP contribution in [0.5, 0.6) is 0 Å². The van der Waals surface area contributed by atoms with E-state index >= 15 is 0 Å². The van der Waals surface area contributed by atoms with Gasteiger partial charge >= 0.3 is 0 Å². The molecule has 0 saturated carbocycles. The highest BCUT2D eigenvalue weighted by molar-refractivity contribution is 6.05. The Morgan fingerprint density at radius 3 is 2.50 bits per heavy atom. The number of carbonyl (C=O) groups is 1. The predicted octanol–water partition coefficient (Wildman–Crippen LogP) is 6.09. The highest BCUT2D eigenvalue weighted by Crippen LogP contribution is 2.24. The molecule has 176 valence electrons. The molecule has 2 aromatic carbocycles. The Kier molecular flexibility index (Phi) is 7.70. The van der Waals surface area contributed by atoms with E-state index in [1.807, 2.05) is 43.4 Å². The fourth-order valence-electron chi connectivity index (χ4n) is 3.90. The Labute approximate surface area is 199 Å². The third kappa shape index (κ3) is 5.88. The van der Waals surface area contributed by atoms with Gasteiger partial charge in [0.25, 0.3) is 5.91 Å². The largest absolute Gasteiger partial charge is 0.459 e. The van der Waals surface area contributed by atoms with Gasteiger partial charge in [-0.2, -0.15) is 0 Å². The number of halogens is 1. The molecule has 5 nitrogen and oxygen atoms in total. The van der Waals surface area contributed by atoms with Crippen LogP contribution in [0.4, 0.5) is 10.2 Å². The molecule has 0 unspecified atom stereocenters. The molecular formula is C28H30FN3O2. The van der Waals surface area contributed by atoms with E-state index in [2.05, 4.69) is 24.0 Å². The Morgan fingerprint density at radius 1 is 1.00 bits per heavy atom. The Hall–Kier alpha value is -3.51. The first-order valence-electron chi connectivity index (χ1n) is 11.7. The van der Waals surface area contributed by atoms with E-state index in [0.29, 0.717) is 30.1 Å². The van der Waals surface area contributed by atoms with Crippen LogP contribution >= 0.6 is 0 Å². The van der Waals surface area contributed by atoms with Crippen molar-refractivity contribution in [3.8, 4) is 0 Å². The summed E-state index contributed by atoms with van der Waals surface area (Å²) >= 11 is 0. The van der Waals surface area contributed by atoms with Crippen LogP contribution in [-0.4, -0.2) is 35.9 Å². The van der Waals surface area contributed by atoms with Crippen LogP contribution in [0.1, 0.15) is 41.4 Å². The van der Waals surface area contributed by atoms with Gasteiger partial charge in [-0.25, -0.2) is 9.37 Å². The molecule has 2 aromatic heterocycles. The van der Waals surface area contributed by atoms with Gasteiger partial charge in [0.1, 0.15) is 22.9 Å². The average molecular weight is 460 g/mol. The van der Waals surface area contributed by atoms with Crippen molar-refractivity contribution in [2.45, 2.75) is 32.7 Å². The first-order chi connectivity index (χ1) is 16.5. The van der Waals surface area contributed by atoms with Gasteiger partial charge in [0.15, 0.2) is 5.58 Å². The molecule has 0 spiro atoms. The third-order valence-corrected chi connectivity index (χ3v) is 5.80. The molecule has 6 heteroatoms. The van der Waals surface area contributed by atoms with E-state index in [0.717, 1.165) is 37.1 Å². The second-order valence-electron chi connectivity index (χ2n) is 8.56. The van der Waals surface area contributed by atoms with Gasteiger partial charge in [-0.1, -0.05) is 43.7 Å². The lowest BCUT2D eigenvalue weighted by Gasteiger charge is -2.25. The summed E-state index contributed by atoms with van der Waals surface area (Å²) in [7, 11) is 2.03. The lowest BCUT2D eigenvalue weighted by Crippen LogP contribution is -2.38. The zero-order valence-electron chi connectivity index (χ0n) is 19.7. The van der Waals surface area contributed by atoms with Crippen LogP contribution in [0.2, 0.25) is 0 Å². The van der Waals surface area contributed by atoms with Gasteiger partial charge in [-0.05, 0) is 55.4 Å². The summed E-state index contributed by atoms with van der Waals surface area (Å²) < 4.78 is 19.4. The molecule has 0 aliphatic carbocycles. The van der Waals surface area contributed by atoms with E-state index in [4.69, 9.17) is 9.40 Å². The van der Waals surface area contributed by atoms with E-state index in [9.17, 15) is 9.18 Å². The number of aryl methyl sites for hydroxylation is 1. The van der Waals surface area contributed by atoms with Crippen LogP contribution in [-0.2, 0) is 13.0 Å². The SMILES string of the molecule is CCCCc1cc2nc(N(CCN(C)Cc3ccccc3)C(=O)c3ccc(F)cc3)ccc2o1. The Balaban J connectivity index is 1.57. The molecule has 0 aliphatic rings. The maximum atomic E-state index is 13.4. The first kappa shape index (κ1) is 23.6. The number of likely N-dealkylation sites (N-methyl/N-ethyl adjacent to an activating group) is 1. The minimum absolute atomic E-state index is 0.213. The highest BCUT2D eigenvalue weighted by atomic mass is 19.1. The van der Waals surface area contributed by atoms with Crippen molar-refractivity contribution in [1.29, 1.82) is 0 Å². The number of fused-ring (bicyclic) bond motifs is 1. The molecule has 1 amide bonds. The minimum Gasteiger partial charge on any atom is -0.459 e. The molecule has 0 saturated heterocycles. The molecule has 0 radical (unpaired) electrons. The van der Waals surface area contributed by atoms with E-state index < -0.39 is 0 Å². The van der Waals surface area contributed by atoms with Gasteiger partial charge in [-0.3, -0.25) is 9.69 Å². The van der Waals surface area contributed by atoms with Crippen molar-refractivity contribution in [2.24, 2.45) is 0 Å². The molecule has 0 atom stereocenters. The van der Waals surface area contributed by atoms with Gasteiger partial charge in [0, 0.05) is 37.7 Å². The molecule has 4 aromatic rings. The minimum atomic E-state index is -0.372. The normalized spacial score (nSPS) is 11.3. The van der Waals surface area contributed by atoms with E-state index in [1.165, 1.54) is 29.8 Å². The lowest BCUT2D eigenvalue weighted by atomic mass is 10.2. The van der Waals surface area contributed by atoms with Crippen LogP contribution in [0.25, 0.3) is 11.1 Å². The summed E-state index contributed by atoms with van der Waals surface area (Å²) in [6, 6.07) is 21.5. The number of hydrogen-bond acceptors (Lipinski definition) is 4. The number of amides is 1. The number of anilines is 1. The highest BCUT2D eigenvalue weighted by Gasteiger charge is 2.21. The number of rotatable bonds is 10. The maximum absolute atomic E-state index is 13.4. The number of carbonyl (C=O) groups excluding carboxylic acids is 1. The fraction of sp³-hybridized carbons (Fsp3) is 0.286. The fourth-order valence-corrected chi connectivity index (χ4v) is 3.90. The van der Waals surface area contributed by atoms with Crippen molar-refractivity contribution < 1.29 is 13.6 Å². The standard InChI is InChI=1S/C28H30FN3O2/c1-3-4-10-24-19-25-26(34-24)15-16-27(30-25)32(28(33)22-11-13-23(29)14-12-22)18-17-31(2)20-21-8-6-5-7-9-21/h5-9,11-16,19H,3-4,10,17-18,20H2,1-2H3. The van der Waals surface area contributed by atoms with Gasteiger partial charge < -0.3 is 9.32 Å². The number of hydrogen-bond donors (Lipinski definition) is 0. The predicted molar refractivity (Wildman–Crippen MR) is 133 cm³/mol. The zero-order chi connectivity index (χ0) is 23.9. The van der Waals surface area contributed by atoms with Crippen molar-refractivity contribution in [3.63, 3.8) is 0 Å². The molecule has 4 rings (SSSR count). The topological polar surface area (TPSA) is 49.6 Å². The number of unbranched alkanes of at least 4 members (excludes halogenated alkanes) is 1. The van der Waals surface area contributed by atoms with Crippen LogP contribution in [0.15, 0.2) is 77.2 Å². The monoisotopic (exact) mass is 459 g/mol. The number of benzene rings is 2. The molecule has 2 heterocycles. The van der Waals surface area contributed by atoms with Crippen molar-refractivity contribution in [1.82, 2.24) is 9.88 Å². The van der Waals surface area contributed by atoms with Crippen LogP contribution < -0.4 is 4.90 Å². The molecular weight excluding hydrogens is 429 g/mol. The summed E-state index contributed by atoms with van der Waals surface area (Å²) in [4.78, 5) is 22.0. The summed E-state index contributed by atoms with van der Waals surface area (Å²) in [6.45, 7) is 4.01. The van der Waals surface area contributed by atoms with Gasteiger partial charge in [-0.15, -0.1) is 0 Å². The quantitative estimate of drug-likeness (QED) is 0.288. The maximum Gasteiger partial charge on any atom is 0.259 e. The second kappa shape index (κ2) is 11.1. The van der Waals surface area contributed by atoms with E-state index in [-0.39, 0.29) is 11.7 Å². The Morgan fingerprint density at radius 2 is 1.76 bits per heavy atom. The summed E-state index contributed by atoms with van der Waals surface area (Å²) in [6.07, 6.45) is 3.01. The average Bonchev–Trinajstić information content (AvgIpc) is 3.26. The van der Waals surface area contributed by atoms with Crippen LogP contribution in [0, 0.1) is 5.82 Å². The number of nitrogens with zero attached hydrogens (tertiary/aromatic N) is 3. The Bertz CT molecular complexity index is 1220. The number of aromatic nitrogens is 1. The number of furan rings is 1. The van der Waals surface area contributed by atoms with Crippen LogP contribution in [0.3, 0.4) is 0 Å². The van der Waals surface area contributed by atoms with Crippen molar-refractivity contribution in [2.75, 3.05) is 25.0 Å². The third-order valence-electron chi connectivity index (χ3n) is 5.80. The summed E-state index contributed by atoms with van der Waals surface area (Å²) in [5.74, 6) is 0.871. The molecule has 0 N–H and O–H groups in total. The molecule has 0 bridgehead atoms.